The van der Waals surface area contributed by atoms with Crippen molar-refractivity contribution >= 4 is 41.7 Å². The molecule has 0 aliphatic rings. The van der Waals surface area contributed by atoms with Crippen molar-refractivity contribution in [2.45, 2.75) is 12.5 Å². The Kier molecular flexibility index (Phi) is 6.68. The van der Waals surface area contributed by atoms with Crippen LogP contribution in [0.15, 0.2) is 84.9 Å². The van der Waals surface area contributed by atoms with Gasteiger partial charge in [-0.2, -0.15) is 0 Å². The molecule has 160 valence electrons. The third-order valence-corrected chi connectivity index (χ3v) is 8.74. The van der Waals surface area contributed by atoms with Gasteiger partial charge < -0.3 is 18.2 Å². The van der Waals surface area contributed by atoms with Crippen LogP contribution < -0.4 is 4.90 Å². The number of benzene rings is 4. The van der Waals surface area contributed by atoms with Gasteiger partial charge in [0, 0.05) is 56.1 Å². The molecular formula is C26H29NO3Si. The van der Waals surface area contributed by atoms with Gasteiger partial charge in [-0.25, -0.2) is 0 Å². The summed E-state index contributed by atoms with van der Waals surface area (Å²) in [6, 6.07) is 30.9. The smallest absolute Gasteiger partial charge is 0.377 e. The zero-order chi connectivity index (χ0) is 21.7. The quantitative estimate of drug-likeness (QED) is 0.287. The fourth-order valence-electron chi connectivity index (χ4n) is 4.27. The van der Waals surface area contributed by atoms with Crippen LogP contribution in [0, 0.1) is 0 Å². The summed E-state index contributed by atoms with van der Waals surface area (Å²) in [6.07, 6.45) is 0.883. The molecule has 4 aromatic rings. The normalized spacial score (nSPS) is 11.8. The number of hydrogen-bond donors (Lipinski definition) is 0. The van der Waals surface area contributed by atoms with E-state index in [1.165, 1.54) is 32.9 Å². The summed E-state index contributed by atoms with van der Waals surface area (Å²) in [7, 11) is 2.40. The highest BCUT2D eigenvalue weighted by atomic mass is 28.4. The maximum atomic E-state index is 5.65. The number of nitrogens with zero attached hydrogens (tertiary/aromatic N) is 1. The topological polar surface area (TPSA) is 30.9 Å². The van der Waals surface area contributed by atoms with E-state index in [0.717, 1.165) is 19.0 Å². The van der Waals surface area contributed by atoms with Gasteiger partial charge in [-0.1, -0.05) is 72.8 Å². The molecule has 0 amide bonds. The van der Waals surface area contributed by atoms with Gasteiger partial charge in [-0.15, -0.1) is 0 Å². The van der Waals surface area contributed by atoms with Gasteiger partial charge in [-0.05, 0) is 29.3 Å². The predicted molar refractivity (Wildman–Crippen MR) is 131 cm³/mol. The Morgan fingerprint density at radius 3 is 1.55 bits per heavy atom. The van der Waals surface area contributed by atoms with E-state index in [0.29, 0.717) is 0 Å². The minimum Gasteiger partial charge on any atom is -0.377 e. The Morgan fingerprint density at radius 1 is 0.613 bits per heavy atom. The van der Waals surface area contributed by atoms with Crippen LogP contribution in [0.3, 0.4) is 0 Å². The summed E-state index contributed by atoms with van der Waals surface area (Å²) in [4.78, 5) is 2.42. The van der Waals surface area contributed by atoms with Gasteiger partial charge in [0.25, 0.3) is 0 Å². The Labute approximate surface area is 185 Å². The largest absolute Gasteiger partial charge is 0.500 e. The molecule has 4 aromatic carbocycles. The van der Waals surface area contributed by atoms with Gasteiger partial charge >= 0.3 is 8.80 Å². The molecule has 0 bridgehead atoms. The predicted octanol–water partition coefficient (Wildman–Crippen LogP) is 6.40. The van der Waals surface area contributed by atoms with Gasteiger partial charge in [0.1, 0.15) is 0 Å². The number of rotatable bonds is 9. The Bertz CT molecular complexity index is 1060. The van der Waals surface area contributed by atoms with Crippen LogP contribution in [-0.4, -0.2) is 36.7 Å². The van der Waals surface area contributed by atoms with E-state index >= 15 is 0 Å². The fraction of sp³-hybridized carbons (Fsp3) is 0.231. The van der Waals surface area contributed by atoms with Crippen molar-refractivity contribution in [3.63, 3.8) is 0 Å². The lowest BCUT2D eigenvalue weighted by atomic mass is 10.0. The maximum absolute atomic E-state index is 5.65. The molecule has 0 aliphatic carbocycles. The second-order valence-corrected chi connectivity index (χ2v) is 10.6. The lowest BCUT2D eigenvalue weighted by molar-refractivity contribution is 0.123. The second-order valence-electron chi connectivity index (χ2n) is 7.55. The molecule has 0 unspecified atom stereocenters. The van der Waals surface area contributed by atoms with E-state index in [2.05, 4.69) is 89.8 Å². The number of hydrogen-bond acceptors (Lipinski definition) is 4. The van der Waals surface area contributed by atoms with Crippen LogP contribution in [0.5, 0.6) is 0 Å². The Hall–Kier alpha value is -2.70. The summed E-state index contributed by atoms with van der Waals surface area (Å²) in [5.41, 5.74) is 2.41. The summed E-state index contributed by atoms with van der Waals surface area (Å²) in [5, 5.41) is 4.96. The monoisotopic (exact) mass is 431 g/mol. The molecule has 4 nitrogen and oxygen atoms in total. The minimum atomic E-state index is -2.62. The summed E-state index contributed by atoms with van der Waals surface area (Å²) < 4.78 is 16.9. The van der Waals surface area contributed by atoms with Crippen LogP contribution in [0.4, 0.5) is 11.4 Å². The average Bonchev–Trinajstić information content (AvgIpc) is 2.84. The standard InChI is InChI=1S/C26H29NO3Si/c1-28-31(29-2,30-3)20-10-19-27(25-17-8-13-21-11-4-6-15-23(21)25)26-18-9-14-22-12-5-7-16-24(22)26/h4-9,11-18H,10,19-20H2,1-3H3. The molecule has 0 saturated carbocycles. The lowest BCUT2D eigenvalue weighted by Gasteiger charge is -2.30. The highest BCUT2D eigenvalue weighted by Crippen LogP contribution is 2.36. The van der Waals surface area contributed by atoms with Gasteiger partial charge in [0.15, 0.2) is 0 Å². The molecule has 0 heterocycles. The van der Waals surface area contributed by atoms with E-state index in [9.17, 15) is 0 Å². The minimum absolute atomic E-state index is 0.753. The van der Waals surface area contributed by atoms with Crippen molar-refractivity contribution in [1.29, 1.82) is 0 Å². The Morgan fingerprint density at radius 2 is 1.06 bits per heavy atom. The van der Waals surface area contributed by atoms with Gasteiger partial charge in [-0.3, -0.25) is 0 Å². The van der Waals surface area contributed by atoms with Crippen molar-refractivity contribution in [1.82, 2.24) is 0 Å². The SMILES string of the molecule is CO[Si](CCCN(c1cccc2ccccc12)c1cccc2ccccc12)(OC)OC. The summed E-state index contributed by atoms with van der Waals surface area (Å²) >= 11 is 0. The van der Waals surface area contributed by atoms with Crippen molar-refractivity contribution < 1.29 is 13.3 Å². The van der Waals surface area contributed by atoms with Crippen LogP contribution in [0.2, 0.25) is 6.04 Å². The van der Waals surface area contributed by atoms with Crippen LogP contribution in [0.25, 0.3) is 21.5 Å². The molecule has 0 aliphatic heterocycles. The molecule has 0 spiro atoms. The van der Waals surface area contributed by atoms with Crippen molar-refractivity contribution in [2.75, 3.05) is 32.8 Å². The third kappa shape index (κ3) is 4.36. The van der Waals surface area contributed by atoms with E-state index in [1.807, 2.05) is 0 Å². The van der Waals surface area contributed by atoms with Crippen molar-refractivity contribution in [3.05, 3.63) is 84.9 Å². The Balaban J connectivity index is 1.77. The summed E-state index contributed by atoms with van der Waals surface area (Å²) in [6.45, 7) is 0.826. The van der Waals surface area contributed by atoms with E-state index in [-0.39, 0.29) is 0 Å². The molecule has 0 N–H and O–H groups in total. The zero-order valence-corrected chi connectivity index (χ0v) is 19.4. The molecule has 4 rings (SSSR count). The second kappa shape index (κ2) is 9.62. The zero-order valence-electron chi connectivity index (χ0n) is 18.4. The molecule has 0 radical (unpaired) electrons. The third-order valence-electron chi connectivity index (χ3n) is 5.91. The van der Waals surface area contributed by atoms with Gasteiger partial charge in [0.2, 0.25) is 0 Å². The highest BCUT2D eigenvalue weighted by Gasteiger charge is 2.37. The molecular weight excluding hydrogens is 402 g/mol. The summed E-state index contributed by atoms with van der Waals surface area (Å²) in [5.74, 6) is 0. The first-order valence-electron chi connectivity index (χ1n) is 10.6. The first-order chi connectivity index (χ1) is 15.2. The van der Waals surface area contributed by atoms with E-state index in [4.69, 9.17) is 13.3 Å². The molecule has 0 saturated heterocycles. The molecule has 0 fully saturated rings. The van der Waals surface area contributed by atoms with Crippen LogP contribution >= 0.6 is 0 Å². The van der Waals surface area contributed by atoms with E-state index < -0.39 is 8.80 Å². The highest BCUT2D eigenvalue weighted by molar-refractivity contribution is 6.60. The maximum Gasteiger partial charge on any atom is 0.500 e. The molecule has 31 heavy (non-hydrogen) atoms. The first kappa shape index (κ1) is 21.5. The molecule has 0 aromatic heterocycles. The van der Waals surface area contributed by atoms with E-state index in [1.54, 1.807) is 21.3 Å². The van der Waals surface area contributed by atoms with Crippen LogP contribution in [0.1, 0.15) is 6.42 Å². The fourth-order valence-corrected chi connectivity index (χ4v) is 5.97. The number of fused-ring (bicyclic) bond motifs is 2. The molecule has 5 heteroatoms. The van der Waals surface area contributed by atoms with Crippen LogP contribution in [-0.2, 0) is 13.3 Å². The molecule has 0 atom stereocenters. The average molecular weight is 432 g/mol. The van der Waals surface area contributed by atoms with Gasteiger partial charge in [0.05, 0.1) is 0 Å². The van der Waals surface area contributed by atoms with Crippen molar-refractivity contribution in [2.24, 2.45) is 0 Å². The van der Waals surface area contributed by atoms with Crippen molar-refractivity contribution in [3.8, 4) is 0 Å². The number of anilines is 2. The first-order valence-corrected chi connectivity index (χ1v) is 12.5. The lowest BCUT2D eigenvalue weighted by Crippen LogP contribution is -2.43.